The van der Waals surface area contributed by atoms with E-state index in [1.807, 2.05) is 18.8 Å². The molecule has 0 unspecified atom stereocenters. The van der Waals surface area contributed by atoms with Crippen LogP contribution in [0.3, 0.4) is 0 Å². The first-order chi connectivity index (χ1) is 9.45. The maximum absolute atomic E-state index is 5.93. The van der Waals surface area contributed by atoms with Gasteiger partial charge in [-0.3, -0.25) is 0 Å². The van der Waals surface area contributed by atoms with Crippen molar-refractivity contribution in [3.05, 3.63) is 58.7 Å². The van der Waals surface area contributed by atoms with E-state index in [0.717, 1.165) is 22.6 Å². The van der Waals surface area contributed by atoms with E-state index in [9.17, 15) is 0 Å². The predicted octanol–water partition coefficient (Wildman–Crippen LogP) is 5.32. The van der Waals surface area contributed by atoms with Crippen molar-refractivity contribution in [2.45, 2.75) is 27.7 Å². The molecule has 0 N–H and O–H groups in total. The van der Waals surface area contributed by atoms with Crippen molar-refractivity contribution in [3.8, 4) is 11.5 Å². The summed E-state index contributed by atoms with van der Waals surface area (Å²) in [5.41, 5.74) is 4.77. The molecule has 0 aliphatic heterocycles. The Morgan fingerprint density at radius 3 is 1.45 bits per heavy atom. The lowest BCUT2D eigenvalue weighted by Gasteiger charge is -2.17. The average molecular weight is 288 g/mol. The Bertz CT molecular complexity index is 554. The Morgan fingerprint density at radius 2 is 1.10 bits per heavy atom. The van der Waals surface area contributed by atoms with Gasteiger partial charge in [0.15, 0.2) is 0 Å². The lowest BCUT2D eigenvalue weighted by Crippen LogP contribution is -1.97. The van der Waals surface area contributed by atoms with E-state index >= 15 is 0 Å². The Labute approximate surface area is 122 Å². The summed E-state index contributed by atoms with van der Waals surface area (Å²) in [6, 6.07) is 12.4. The minimum absolute atomic E-state index is 0.897. The fraction of sp³-hybridized carbons (Fsp3) is 0.294. The number of aryl methyl sites for hydroxylation is 4. The molecule has 0 aliphatic rings. The molecular formula is C17H21O2P. The Morgan fingerprint density at radius 1 is 0.700 bits per heavy atom. The van der Waals surface area contributed by atoms with Gasteiger partial charge in [-0.05, 0) is 51.0 Å². The van der Waals surface area contributed by atoms with Crippen LogP contribution in [-0.4, -0.2) is 6.66 Å². The Balaban J connectivity index is 2.07. The van der Waals surface area contributed by atoms with Crippen molar-refractivity contribution in [1.29, 1.82) is 0 Å². The average Bonchev–Trinajstić information content (AvgIpc) is 2.36. The van der Waals surface area contributed by atoms with Gasteiger partial charge in [-0.25, -0.2) is 0 Å². The van der Waals surface area contributed by atoms with Crippen LogP contribution in [0.4, 0.5) is 0 Å². The van der Waals surface area contributed by atoms with Crippen LogP contribution in [0.25, 0.3) is 0 Å². The van der Waals surface area contributed by atoms with Gasteiger partial charge < -0.3 is 9.05 Å². The van der Waals surface area contributed by atoms with E-state index in [2.05, 4.69) is 52.0 Å². The molecule has 0 saturated carbocycles. The summed E-state index contributed by atoms with van der Waals surface area (Å²) in [6.45, 7) is 10.3. The van der Waals surface area contributed by atoms with Gasteiger partial charge in [0.25, 0.3) is 8.38 Å². The van der Waals surface area contributed by atoms with Crippen LogP contribution < -0.4 is 9.05 Å². The minimum Gasteiger partial charge on any atom is -0.438 e. The molecule has 2 aromatic carbocycles. The highest BCUT2D eigenvalue weighted by Crippen LogP contribution is 2.39. The zero-order chi connectivity index (χ0) is 14.7. The van der Waals surface area contributed by atoms with Crippen molar-refractivity contribution < 1.29 is 9.05 Å². The van der Waals surface area contributed by atoms with E-state index in [1.165, 1.54) is 11.1 Å². The van der Waals surface area contributed by atoms with Gasteiger partial charge in [-0.1, -0.05) is 35.4 Å². The van der Waals surface area contributed by atoms with Crippen molar-refractivity contribution >= 4 is 8.38 Å². The monoisotopic (exact) mass is 288 g/mol. The maximum atomic E-state index is 5.93. The Hall–Kier alpha value is -1.53. The highest BCUT2D eigenvalue weighted by atomic mass is 31.2. The first kappa shape index (κ1) is 14.9. The third-order valence-electron chi connectivity index (χ3n) is 3.11. The van der Waals surface area contributed by atoms with Crippen molar-refractivity contribution in [3.63, 3.8) is 0 Å². The molecule has 0 spiro atoms. The summed E-state index contributed by atoms with van der Waals surface area (Å²) in [6.07, 6.45) is 0. The summed E-state index contributed by atoms with van der Waals surface area (Å²) in [7, 11) is -0.985. The second-order valence-corrected chi connectivity index (χ2v) is 6.40. The van der Waals surface area contributed by atoms with E-state index in [4.69, 9.17) is 9.05 Å². The van der Waals surface area contributed by atoms with Crippen molar-refractivity contribution in [2.24, 2.45) is 0 Å². The van der Waals surface area contributed by atoms with Gasteiger partial charge in [0.1, 0.15) is 11.5 Å². The van der Waals surface area contributed by atoms with Crippen LogP contribution in [0.1, 0.15) is 22.3 Å². The molecule has 0 bridgehead atoms. The summed E-state index contributed by atoms with van der Waals surface area (Å²) in [4.78, 5) is 0. The molecule has 20 heavy (non-hydrogen) atoms. The van der Waals surface area contributed by atoms with Crippen LogP contribution in [0.15, 0.2) is 36.4 Å². The van der Waals surface area contributed by atoms with Gasteiger partial charge in [0, 0.05) is 6.66 Å². The molecule has 0 radical (unpaired) electrons. The molecule has 106 valence electrons. The Kier molecular flexibility index (Phi) is 4.67. The lowest BCUT2D eigenvalue weighted by atomic mass is 10.1. The molecule has 2 nitrogen and oxygen atoms in total. The highest BCUT2D eigenvalue weighted by Gasteiger charge is 2.11. The summed E-state index contributed by atoms with van der Waals surface area (Å²) in [5.74, 6) is 1.79. The number of hydrogen-bond acceptors (Lipinski definition) is 2. The van der Waals surface area contributed by atoms with Crippen LogP contribution >= 0.6 is 8.38 Å². The van der Waals surface area contributed by atoms with E-state index in [-0.39, 0.29) is 0 Å². The third kappa shape index (κ3) is 3.74. The molecule has 0 aliphatic carbocycles. The van der Waals surface area contributed by atoms with Gasteiger partial charge in [0.05, 0.1) is 0 Å². The second kappa shape index (κ2) is 6.28. The van der Waals surface area contributed by atoms with Crippen molar-refractivity contribution in [2.75, 3.05) is 6.66 Å². The first-order valence-electron chi connectivity index (χ1n) is 6.70. The van der Waals surface area contributed by atoms with E-state index < -0.39 is 8.38 Å². The largest absolute Gasteiger partial charge is 0.438 e. The molecule has 0 heterocycles. The molecule has 3 heteroatoms. The molecule has 0 fully saturated rings. The zero-order valence-electron chi connectivity index (χ0n) is 12.7. The van der Waals surface area contributed by atoms with Crippen LogP contribution in [0.5, 0.6) is 11.5 Å². The molecule has 2 aromatic rings. The van der Waals surface area contributed by atoms with E-state index in [1.54, 1.807) is 0 Å². The predicted molar refractivity (Wildman–Crippen MR) is 85.9 cm³/mol. The summed E-state index contributed by atoms with van der Waals surface area (Å²) >= 11 is 0. The zero-order valence-corrected chi connectivity index (χ0v) is 13.6. The van der Waals surface area contributed by atoms with Crippen LogP contribution in [0, 0.1) is 27.7 Å². The molecule has 0 aromatic heterocycles. The summed E-state index contributed by atoms with van der Waals surface area (Å²) in [5, 5.41) is 0. The van der Waals surface area contributed by atoms with Gasteiger partial charge in [0.2, 0.25) is 0 Å². The van der Waals surface area contributed by atoms with Gasteiger partial charge in [-0.2, -0.15) is 0 Å². The third-order valence-corrected chi connectivity index (χ3v) is 4.02. The van der Waals surface area contributed by atoms with Crippen molar-refractivity contribution in [1.82, 2.24) is 0 Å². The SMILES string of the molecule is Cc1ccc(OP(C)Oc2ccc(C)cc2C)c(C)c1. The normalized spacial score (nSPS) is 10.7. The first-order valence-corrected chi connectivity index (χ1v) is 8.32. The smallest absolute Gasteiger partial charge is 0.286 e. The fourth-order valence-corrected chi connectivity index (χ4v) is 3.10. The quantitative estimate of drug-likeness (QED) is 0.709. The van der Waals surface area contributed by atoms with Gasteiger partial charge >= 0.3 is 0 Å². The molecule has 0 saturated heterocycles. The molecule has 0 atom stereocenters. The molecule has 2 rings (SSSR count). The number of hydrogen-bond donors (Lipinski definition) is 0. The summed E-state index contributed by atoms with van der Waals surface area (Å²) < 4.78 is 11.9. The minimum atomic E-state index is -0.985. The topological polar surface area (TPSA) is 18.5 Å². The lowest BCUT2D eigenvalue weighted by molar-refractivity contribution is 0.492. The molecule has 0 amide bonds. The fourth-order valence-electron chi connectivity index (χ4n) is 2.10. The standard InChI is InChI=1S/C17H21O2P/c1-12-6-8-16(14(3)10-12)18-20(5)19-17-9-7-13(2)11-15(17)4/h6-11H,1-5H3. The molecular weight excluding hydrogens is 267 g/mol. The highest BCUT2D eigenvalue weighted by molar-refractivity contribution is 7.47. The van der Waals surface area contributed by atoms with Crippen LogP contribution in [-0.2, 0) is 0 Å². The maximum Gasteiger partial charge on any atom is 0.286 e. The number of rotatable bonds is 4. The number of benzene rings is 2. The van der Waals surface area contributed by atoms with Gasteiger partial charge in [-0.15, -0.1) is 0 Å². The van der Waals surface area contributed by atoms with E-state index in [0.29, 0.717) is 0 Å². The van der Waals surface area contributed by atoms with Crippen LogP contribution in [0.2, 0.25) is 0 Å². The second-order valence-electron chi connectivity index (χ2n) is 5.16.